The van der Waals surface area contributed by atoms with E-state index in [1.54, 1.807) is 6.20 Å². The van der Waals surface area contributed by atoms with Crippen molar-refractivity contribution < 1.29 is 4.79 Å². The van der Waals surface area contributed by atoms with Crippen molar-refractivity contribution in [3.8, 4) is 5.69 Å². The molecule has 4 aromatic rings. The third-order valence-electron chi connectivity index (χ3n) is 5.54. The van der Waals surface area contributed by atoms with Gasteiger partial charge in [0.05, 0.1) is 17.3 Å². The summed E-state index contributed by atoms with van der Waals surface area (Å²) in [6.45, 7) is 7.63. The van der Waals surface area contributed by atoms with Crippen molar-refractivity contribution in [1.29, 1.82) is 0 Å². The SMILES string of the molecule is Cc1ccc(NC(=O)C(C)n2c(C)c3cnn(-c4ccccc4)c(=O)c3c2C)cc1. The van der Waals surface area contributed by atoms with E-state index in [9.17, 15) is 9.59 Å². The second kappa shape index (κ2) is 7.63. The molecule has 1 amide bonds. The molecule has 6 nitrogen and oxygen atoms in total. The molecule has 2 aromatic carbocycles. The highest BCUT2D eigenvalue weighted by molar-refractivity contribution is 5.95. The van der Waals surface area contributed by atoms with Crippen molar-refractivity contribution in [3.05, 3.63) is 88.1 Å². The normalized spacial score (nSPS) is 12.1. The molecule has 0 spiro atoms. The number of carbonyl (C=O) groups excluding carboxylic acids is 1. The summed E-state index contributed by atoms with van der Waals surface area (Å²) in [6, 6.07) is 16.5. The van der Waals surface area contributed by atoms with E-state index < -0.39 is 6.04 Å². The van der Waals surface area contributed by atoms with Gasteiger partial charge in [-0.05, 0) is 52.0 Å². The number of aromatic nitrogens is 3. The Morgan fingerprint density at radius 3 is 2.30 bits per heavy atom. The van der Waals surface area contributed by atoms with Crippen LogP contribution in [-0.4, -0.2) is 20.3 Å². The number of hydrogen-bond donors (Lipinski definition) is 1. The van der Waals surface area contributed by atoms with Crippen LogP contribution in [-0.2, 0) is 4.79 Å². The molecule has 0 aliphatic heterocycles. The molecule has 0 bridgehead atoms. The van der Waals surface area contributed by atoms with Gasteiger partial charge >= 0.3 is 0 Å². The average Bonchev–Trinajstić information content (AvgIpc) is 3.00. The van der Waals surface area contributed by atoms with Gasteiger partial charge in [-0.2, -0.15) is 9.78 Å². The maximum Gasteiger partial charge on any atom is 0.281 e. The molecular weight excluding hydrogens is 376 g/mol. The highest BCUT2D eigenvalue weighted by Gasteiger charge is 2.23. The molecule has 6 heteroatoms. The molecule has 2 heterocycles. The van der Waals surface area contributed by atoms with Crippen LogP contribution in [0.15, 0.2) is 65.6 Å². The largest absolute Gasteiger partial charge is 0.336 e. The van der Waals surface area contributed by atoms with E-state index in [0.717, 1.165) is 28.0 Å². The number of amides is 1. The first kappa shape index (κ1) is 19.6. The number of benzene rings is 2. The van der Waals surface area contributed by atoms with Crippen LogP contribution in [0.1, 0.15) is 29.9 Å². The Kier molecular flexibility index (Phi) is 4.99. The molecule has 0 saturated heterocycles. The predicted molar refractivity (Wildman–Crippen MR) is 119 cm³/mol. The van der Waals surface area contributed by atoms with Gasteiger partial charge in [0, 0.05) is 22.5 Å². The third-order valence-corrected chi connectivity index (χ3v) is 5.54. The summed E-state index contributed by atoms with van der Waals surface area (Å²) in [4.78, 5) is 26.1. The van der Waals surface area contributed by atoms with Crippen LogP contribution in [0.2, 0.25) is 0 Å². The van der Waals surface area contributed by atoms with Crippen molar-refractivity contribution in [1.82, 2.24) is 14.3 Å². The van der Waals surface area contributed by atoms with Gasteiger partial charge in [0.25, 0.3) is 5.56 Å². The van der Waals surface area contributed by atoms with Gasteiger partial charge < -0.3 is 9.88 Å². The van der Waals surface area contributed by atoms with E-state index in [0.29, 0.717) is 11.1 Å². The zero-order chi connectivity index (χ0) is 21.4. The van der Waals surface area contributed by atoms with Gasteiger partial charge in [-0.3, -0.25) is 9.59 Å². The average molecular weight is 400 g/mol. The van der Waals surface area contributed by atoms with Gasteiger partial charge in [-0.1, -0.05) is 35.9 Å². The lowest BCUT2D eigenvalue weighted by Crippen LogP contribution is -2.25. The molecule has 0 aliphatic carbocycles. The Bertz CT molecular complexity index is 1290. The first-order valence-electron chi connectivity index (χ1n) is 9.91. The highest BCUT2D eigenvalue weighted by Crippen LogP contribution is 2.27. The smallest absolute Gasteiger partial charge is 0.281 e. The van der Waals surface area contributed by atoms with Gasteiger partial charge in [0.15, 0.2) is 0 Å². The van der Waals surface area contributed by atoms with Crippen molar-refractivity contribution in [2.45, 2.75) is 33.7 Å². The number of anilines is 1. The number of nitrogens with zero attached hydrogens (tertiary/aromatic N) is 3. The minimum Gasteiger partial charge on any atom is -0.336 e. The van der Waals surface area contributed by atoms with Crippen LogP contribution in [0.4, 0.5) is 5.69 Å². The number of fused-ring (bicyclic) bond motifs is 1. The fourth-order valence-corrected chi connectivity index (χ4v) is 3.91. The van der Waals surface area contributed by atoms with Crippen molar-refractivity contribution in [2.75, 3.05) is 5.32 Å². The Hall–Kier alpha value is -3.67. The Morgan fingerprint density at radius 1 is 0.967 bits per heavy atom. The van der Waals surface area contributed by atoms with E-state index >= 15 is 0 Å². The van der Waals surface area contributed by atoms with Gasteiger partial charge in [0.2, 0.25) is 5.91 Å². The second-order valence-electron chi connectivity index (χ2n) is 7.56. The highest BCUT2D eigenvalue weighted by atomic mass is 16.2. The van der Waals surface area contributed by atoms with Gasteiger partial charge in [-0.25, -0.2) is 0 Å². The standard InChI is InChI=1S/C24H24N4O2/c1-15-10-12-19(13-11-15)26-23(29)18(4)27-16(2)21-14-25-28(20-8-6-5-7-9-20)24(30)22(21)17(27)3/h5-14,18H,1-4H3,(H,26,29). The molecule has 2 aromatic heterocycles. The molecular formula is C24H24N4O2. The van der Waals surface area contributed by atoms with Crippen molar-refractivity contribution >= 4 is 22.4 Å². The van der Waals surface area contributed by atoms with E-state index in [4.69, 9.17) is 0 Å². The summed E-state index contributed by atoms with van der Waals surface area (Å²) in [6.07, 6.45) is 1.70. The fraction of sp³-hybridized carbons (Fsp3) is 0.208. The second-order valence-corrected chi connectivity index (χ2v) is 7.56. The number of hydrogen-bond acceptors (Lipinski definition) is 3. The molecule has 4 rings (SSSR count). The fourth-order valence-electron chi connectivity index (χ4n) is 3.91. The summed E-state index contributed by atoms with van der Waals surface area (Å²) in [5, 5.41) is 8.67. The number of carbonyl (C=O) groups is 1. The van der Waals surface area contributed by atoms with Crippen molar-refractivity contribution in [2.24, 2.45) is 0 Å². The lowest BCUT2D eigenvalue weighted by Gasteiger charge is -2.18. The van der Waals surface area contributed by atoms with Crippen LogP contribution in [0.25, 0.3) is 16.5 Å². The molecule has 1 N–H and O–H groups in total. The van der Waals surface area contributed by atoms with Crippen molar-refractivity contribution in [3.63, 3.8) is 0 Å². The molecule has 0 radical (unpaired) electrons. The number of rotatable bonds is 4. The maximum atomic E-state index is 13.2. The van der Waals surface area contributed by atoms with Gasteiger partial charge in [0.1, 0.15) is 6.04 Å². The van der Waals surface area contributed by atoms with Crippen LogP contribution >= 0.6 is 0 Å². The zero-order valence-corrected chi connectivity index (χ0v) is 17.5. The summed E-state index contributed by atoms with van der Waals surface area (Å²) < 4.78 is 3.31. The molecule has 0 aliphatic rings. The zero-order valence-electron chi connectivity index (χ0n) is 17.5. The quantitative estimate of drug-likeness (QED) is 0.555. The van der Waals surface area contributed by atoms with Crippen LogP contribution < -0.4 is 10.9 Å². The minimum atomic E-state index is -0.483. The topological polar surface area (TPSA) is 68.9 Å². The molecule has 1 atom stereocenters. The first-order chi connectivity index (χ1) is 14.4. The lowest BCUT2D eigenvalue weighted by atomic mass is 10.2. The van der Waals surface area contributed by atoms with Gasteiger partial charge in [-0.15, -0.1) is 0 Å². The summed E-state index contributed by atoms with van der Waals surface area (Å²) in [5.41, 5.74) is 4.00. The molecule has 1 unspecified atom stereocenters. The van der Waals surface area contributed by atoms with E-state index in [-0.39, 0.29) is 11.5 Å². The minimum absolute atomic E-state index is 0.137. The number of para-hydroxylation sites is 1. The molecule has 152 valence electrons. The maximum absolute atomic E-state index is 13.2. The van der Waals surface area contributed by atoms with Crippen LogP contribution in [0.3, 0.4) is 0 Å². The molecule has 0 fully saturated rings. The number of nitrogens with one attached hydrogen (secondary N) is 1. The van der Waals surface area contributed by atoms with E-state index in [2.05, 4.69) is 10.4 Å². The predicted octanol–water partition coefficient (Wildman–Crippen LogP) is 4.31. The Labute approximate surface area is 174 Å². The first-order valence-corrected chi connectivity index (χ1v) is 9.91. The summed E-state index contributed by atoms with van der Waals surface area (Å²) >= 11 is 0. The lowest BCUT2D eigenvalue weighted by molar-refractivity contribution is -0.118. The van der Waals surface area contributed by atoms with E-state index in [1.165, 1.54) is 4.68 Å². The monoisotopic (exact) mass is 400 g/mol. The summed E-state index contributed by atoms with van der Waals surface area (Å²) in [5.74, 6) is -0.137. The van der Waals surface area contributed by atoms with Crippen LogP contribution in [0, 0.1) is 20.8 Å². The number of aryl methyl sites for hydroxylation is 3. The molecule has 30 heavy (non-hydrogen) atoms. The Balaban J connectivity index is 1.76. The Morgan fingerprint density at radius 2 is 1.63 bits per heavy atom. The van der Waals surface area contributed by atoms with E-state index in [1.807, 2.05) is 86.9 Å². The third kappa shape index (κ3) is 3.30. The molecule has 0 saturated carbocycles. The van der Waals surface area contributed by atoms with Crippen LogP contribution in [0.5, 0.6) is 0 Å². The summed E-state index contributed by atoms with van der Waals surface area (Å²) in [7, 11) is 0.